The van der Waals surface area contributed by atoms with Crippen molar-refractivity contribution in [1.29, 1.82) is 0 Å². The number of benzene rings is 1. The molecular weight excluding hydrogens is 278 g/mol. The summed E-state index contributed by atoms with van der Waals surface area (Å²) in [6.07, 6.45) is 5.24. The van der Waals surface area contributed by atoms with Crippen LogP contribution in [0, 0.1) is 6.92 Å². The number of hydrogen-bond donors (Lipinski definition) is 0. The number of piperidine rings is 1. The molecule has 1 amide bonds. The summed E-state index contributed by atoms with van der Waals surface area (Å²) < 4.78 is 5.23. The van der Waals surface area contributed by atoms with Crippen molar-refractivity contribution in [3.8, 4) is 0 Å². The van der Waals surface area contributed by atoms with Gasteiger partial charge in [0.2, 0.25) is 11.8 Å². The Balaban J connectivity index is 1.55. The van der Waals surface area contributed by atoms with Crippen LogP contribution in [0.5, 0.6) is 0 Å². The number of rotatable bonds is 3. The van der Waals surface area contributed by atoms with Crippen molar-refractivity contribution in [2.75, 3.05) is 13.1 Å². The van der Waals surface area contributed by atoms with Crippen LogP contribution in [0.25, 0.3) is 6.08 Å². The van der Waals surface area contributed by atoms with Gasteiger partial charge in [-0.3, -0.25) is 4.79 Å². The van der Waals surface area contributed by atoms with E-state index in [-0.39, 0.29) is 11.8 Å². The van der Waals surface area contributed by atoms with Gasteiger partial charge < -0.3 is 9.42 Å². The number of likely N-dealkylation sites (tertiary alicyclic amines) is 1. The minimum absolute atomic E-state index is 0.0593. The molecule has 5 nitrogen and oxygen atoms in total. The average Bonchev–Trinajstić information content (AvgIpc) is 3.00. The fourth-order valence-electron chi connectivity index (χ4n) is 2.66. The van der Waals surface area contributed by atoms with Gasteiger partial charge in [0.15, 0.2) is 5.82 Å². The van der Waals surface area contributed by atoms with Crippen molar-refractivity contribution in [2.24, 2.45) is 0 Å². The van der Waals surface area contributed by atoms with Gasteiger partial charge in [-0.05, 0) is 31.4 Å². The molecule has 0 atom stereocenters. The van der Waals surface area contributed by atoms with E-state index in [1.807, 2.05) is 48.2 Å². The summed E-state index contributed by atoms with van der Waals surface area (Å²) in [5.41, 5.74) is 1.03. The number of nitrogens with zero attached hydrogens (tertiary/aromatic N) is 3. The molecule has 1 aliphatic rings. The predicted octanol–water partition coefficient (Wildman–Crippen LogP) is 2.80. The Hall–Kier alpha value is -2.43. The second kappa shape index (κ2) is 6.56. The Bertz CT molecular complexity index is 656. The van der Waals surface area contributed by atoms with Crippen molar-refractivity contribution in [3.05, 3.63) is 53.7 Å². The van der Waals surface area contributed by atoms with Crippen LogP contribution in [0.3, 0.4) is 0 Å². The van der Waals surface area contributed by atoms with E-state index in [0.717, 1.165) is 31.5 Å². The van der Waals surface area contributed by atoms with E-state index in [4.69, 9.17) is 4.52 Å². The van der Waals surface area contributed by atoms with E-state index in [2.05, 4.69) is 10.1 Å². The average molecular weight is 297 g/mol. The predicted molar refractivity (Wildman–Crippen MR) is 83.1 cm³/mol. The Morgan fingerprint density at radius 3 is 2.64 bits per heavy atom. The molecule has 1 saturated heterocycles. The molecule has 1 fully saturated rings. The normalized spacial score (nSPS) is 16.3. The fourth-order valence-corrected chi connectivity index (χ4v) is 2.66. The third-order valence-electron chi connectivity index (χ3n) is 3.92. The number of carbonyl (C=O) groups excluding carboxylic acids is 1. The zero-order valence-corrected chi connectivity index (χ0v) is 12.6. The Morgan fingerprint density at radius 2 is 2.00 bits per heavy atom. The van der Waals surface area contributed by atoms with Gasteiger partial charge in [0.1, 0.15) is 0 Å². The highest BCUT2D eigenvalue weighted by atomic mass is 16.5. The van der Waals surface area contributed by atoms with Crippen molar-refractivity contribution in [3.63, 3.8) is 0 Å². The monoisotopic (exact) mass is 297 g/mol. The summed E-state index contributed by atoms with van der Waals surface area (Å²) in [5, 5.41) is 3.83. The molecular formula is C17H19N3O2. The van der Waals surface area contributed by atoms with Crippen LogP contribution >= 0.6 is 0 Å². The molecule has 0 bridgehead atoms. The van der Waals surface area contributed by atoms with Gasteiger partial charge in [0, 0.05) is 25.1 Å². The summed E-state index contributed by atoms with van der Waals surface area (Å²) in [4.78, 5) is 18.4. The molecule has 1 aromatic heterocycles. The molecule has 5 heteroatoms. The molecule has 2 heterocycles. The number of aromatic nitrogens is 2. The Morgan fingerprint density at radius 1 is 1.27 bits per heavy atom. The zero-order chi connectivity index (χ0) is 15.4. The number of hydrogen-bond acceptors (Lipinski definition) is 4. The zero-order valence-electron chi connectivity index (χ0n) is 12.6. The lowest BCUT2D eigenvalue weighted by atomic mass is 9.96. The summed E-state index contributed by atoms with van der Waals surface area (Å²) >= 11 is 0. The Kier molecular flexibility index (Phi) is 4.32. The minimum Gasteiger partial charge on any atom is -0.339 e. The highest BCUT2D eigenvalue weighted by molar-refractivity contribution is 5.91. The number of carbonyl (C=O) groups is 1. The highest BCUT2D eigenvalue weighted by Crippen LogP contribution is 2.26. The van der Waals surface area contributed by atoms with E-state index in [9.17, 15) is 4.79 Å². The van der Waals surface area contributed by atoms with Gasteiger partial charge >= 0.3 is 0 Å². The first-order chi connectivity index (χ1) is 10.7. The number of aryl methyl sites for hydroxylation is 1. The summed E-state index contributed by atoms with van der Waals surface area (Å²) in [6.45, 7) is 3.27. The molecule has 3 rings (SSSR count). The van der Waals surface area contributed by atoms with Crippen LogP contribution in [0.2, 0.25) is 0 Å². The molecule has 0 N–H and O–H groups in total. The van der Waals surface area contributed by atoms with Crippen LogP contribution in [0.15, 0.2) is 40.9 Å². The van der Waals surface area contributed by atoms with Gasteiger partial charge in [0.25, 0.3) is 0 Å². The number of amides is 1. The standard InChI is InChI=1S/C17H19N3O2/c1-13-18-17(22-19-13)15-9-11-20(12-10-15)16(21)8-7-14-5-3-2-4-6-14/h2-8,15H,9-12H2,1H3. The third-order valence-corrected chi connectivity index (χ3v) is 3.92. The van der Waals surface area contributed by atoms with Gasteiger partial charge in [0.05, 0.1) is 0 Å². The maximum absolute atomic E-state index is 12.2. The van der Waals surface area contributed by atoms with Crippen LogP contribution in [-0.4, -0.2) is 34.0 Å². The van der Waals surface area contributed by atoms with Crippen molar-refractivity contribution < 1.29 is 9.32 Å². The van der Waals surface area contributed by atoms with E-state index in [0.29, 0.717) is 11.7 Å². The topological polar surface area (TPSA) is 59.2 Å². The second-order valence-electron chi connectivity index (χ2n) is 5.52. The lowest BCUT2D eigenvalue weighted by Crippen LogP contribution is -2.36. The molecule has 0 saturated carbocycles. The summed E-state index contributed by atoms with van der Waals surface area (Å²) in [5.74, 6) is 1.69. The first kappa shape index (κ1) is 14.5. The van der Waals surface area contributed by atoms with Crippen LogP contribution < -0.4 is 0 Å². The smallest absolute Gasteiger partial charge is 0.246 e. The SMILES string of the molecule is Cc1noc(C2CCN(C(=O)C=Cc3ccccc3)CC2)n1. The summed E-state index contributed by atoms with van der Waals surface area (Å²) in [7, 11) is 0. The van der Waals surface area contributed by atoms with Crippen molar-refractivity contribution in [1.82, 2.24) is 15.0 Å². The fraction of sp³-hybridized carbons (Fsp3) is 0.353. The molecule has 0 radical (unpaired) electrons. The van der Waals surface area contributed by atoms with Crippen LogP contribution in [0.4, 0.5) is 0 Å². The minimum atomic E-state index is 0.0593. The quantitative estimate of drug-likeness (QED) is 0.817. The van der Waals surface area contributed by atoms with Crippen molar-refractivity contribution >= 4 is 12.0 Å². The van der Waals surface area contributed by atoms with Crippen LogP contribution in [-0.2, 0) is 4.79 Å². The Labute approximate surface area is 129 Å². The van der Waals surface area contributed by atoms with Crippen molar-refractivity contribution in [2.45, 2.75) is 25.7 Å². The molecule has 114 valence electrons. The summed E-state index contributed by atoms with van der Waals surface area (Å²) in [6, 6.07) is 9.84. The largest absolute Gasteiger partial charge is 0.339 e. The van der Waals surface area contributed by atoms with Gasteiger partial charge in [-0.2, -0.15) is 4.98 Å². The molecule has 0 aliphatic carbocycles. The molecule has 2 aromatic rings. The molecule has 22 heavy (non-hydrogen) atoms. The van der Waals surface area contributed by atoms with E-state index in [1.165, 1.54) is 0 Å². The highest BCUT2D eigenvalue weighted by Gasteiger charge is 2.26. The molecule has 1 aliphatic heterocycles. The first-order valence-corrected chi connectivity index (χ1v) is 7.54. The molecule has 0 unspecified atom stereocenters. The lowest BCUT2D eigenvalue weighted by Gasteiger charge is -2.29. The maximum Gasteiger partial charge on any atom is 0.246 e. The van der Waals surface area contributed by atoms with E-state index >= 15 is 0 Å². The van der Waals surface area contributed by atoms with Gasteiger partial charge in [-0.25, -0.2) is 0 Å². The third kappa shape index (κ3) is 3.42. The molecule has 1 aromatic carbocycles. The van der Waals surface area contributed by atoms with E-state index in [1.54, 1.807) is 6.08 Å². The maximum atomic E-state index is 12.2. The lowest BCUT2D eigenvalue weighted by molar-refractivity contribution is -0.127. The van der Waals surface area contributed by atoms with Gasteiger partial charge in [-0.15, -0.1) is 0 Å². The first-order valence-electron chi connectivity index (χ1n) is 7.54. The van der Waals surface area contributed by atoms with Gasteiger partial charge in [-0.1, -0.05) is 35.5 Å². The second-order valence-corrected chi connectivity index (χ2v) is 5.52. The van der Waals surface area contributed by atoms with Crippen LogP contribution in [0.1, 0.15) is 36.0 Å². The van der Waals surface area contributed by atoms with E-state index < -0.39 is 0 Å². The molecule has 0 spiro atoms.